The number of nitrogens with zero attached hydrogens (tertiary/aromatic N) is 1. The van der Waals surface area contributed by atoms with Gasteiger partial charge in [0.15, 0.2) is 0 Å². The molecule has 0 aliphatic carbocycles. The molecule has 0 heterocycles. The average molecular weight is 352 g/mol. The lowest BCUT2D eigenvalue weighted by molar-refractivity contribution is 0.0696. The fourth-order valence-electron chi connectivity index (χ4n) is 1.77. The largest absolute Gasteiger partial charge is 0.478 e. The third-order valence-electron chi connectivity index (χ3n) is 2.97. The van der Waals surface area contributed by atoms with Crippen LogP contribution in [-0.2, 0) is 0 Å². The van der Waals surface area contributed by atoms with Crippen molar-refractivity contribution in [3.63, 3.8) is 0 Å². The van der Waals surface area contributed by atoms with Gasteiger partial charge in [0.25, 0.3) is 5.91 Å². The Labute approximate surface area is 128 Å². The third-order valence-corrected chi connectivity index (χ3v) is 3.62. The Morgan fingerprint density at radius 1 is 1.10 bits per heavy atom. The minimum Gasteiger partial charge on any atom is -0.478 e. The lowest BCUT2D eigenvalue weighted by Gasteiger charge is -2.17. The summed E-state index contributed by atoms with van der Waals surface area (Å²) in [7, 11) is 1.54. The first-order valence-electron chi connectivity index (χ1n) is 5.96. The molecule has 21 heavy (non-hydrogen) atoms. The predicted molar refractivity (Wildman–Crippen MR) is 80.2 cm³/mol. The molecule has 0 saturated carbocycles. The van der Waals surface area contributed by atoms with E-state index in [1.165, 1.54) is 48.3 Å². The molecule has 4 nitrogen and oxygen atoms in total. The number of carboxylic acid groups (broad SMARTS) is 1. The van der Waals surface area contributed by atoms with Gasteiger partial charge in [0, 0.05) is 18.3 Å². The van der Waals surface area contributed by atoms with E-state index >= 15 is 0 Å². The number of hydrogen-bond donors (Lipinski definition) is 1. The Morgan fingerprint density at radius 2 is 1.67 bits per heavy atom. The molecular weight excluding hydrogens is 341 g/mol. The van der Waals surface area contributed by atoms with Crippen molar-refractivity contribution < 1.29 is 19.1 Å². The summed E-state index contributed by atoms with van der Waals surface area (Å²) < 4.78 is 13.7. The van der Waals surface area contributed by atoms with Crippen molar-refractivity contribution in [1.29, 1.82) is 0 Å². The fraction of sp³-hybridized carbons (Fsp3) is 0.0667. The predicted octanol–water partition coefficient (Wildman–Crippen LogP) is 3.56. The summed E-state index contributed by atoms with van der Waals surface area (Å²) in [5.74, 6) is -1.94. The number of carbonyl (C=O) groups is 2. The van der Waals surface area contributed by atoms with Crippen molar-refractivity contribution in [2.45, 2.75) is 0 Å². The maximum atomic E-state index is 13.5. The summed E-state index contributed by atoms with van der Waals surface area (Å²) in [6.07, 6.45) is 0. The smallest absolute Gasteiger partial charge is 0.335 e. The Morgan fingerprint density at radius 3 is 2.19 bits per heavy atom. The molecule has 0 fully saturated rings. The topological polar surface area (TPSA) is 57.6 Å². The summed E-state index contributed by atoms with van der Waals surface area (Å²) in [5, 5.41) is 8.83. The Bertz CT molecular complexity index is 701. The molecule has 0 atom stereocenters. The molecule has 0 unspecified atom stereocenters. The van der Waals surface area contributed by atoms with Gasteiger partial charge in [-0.1, -0.05) is 0 Å². The van der Waals surface area contributed by atoms with E-state index in [-0.39, 0.29) is 21.5 Å². The Hall–Kier alpha value is -2.21. The second kappa shape index (κ2) is 6.05. The van der Waals surface area contributed by atoms with Crippen molar-refractivity contribution in [3.8, 4) is 0 Å². The van der Waals surface area contributed by atoms with Crippen LogP contribution in [0.3, 0.4) is 0 Å². The van der Waals surface area contributed by atoms with E-state index in [4.69, 9.17) is 5.11 Å². The molecule has 1 N–H and O–H groups in total. The van der Waals surface area contributed by atoms with Gasteiger partial charge in [0.2, 0.25) is 0 Å². The van der Waals surface area contributed by atoms with Crippen LogP contribution in [0.1, 0.15) is 20.7 Å². The van der Waals surface area contributed by atoms with Gasteiger partial charge in [-0.2, -0.15) is 0 Å². The minimum atomic E-state index is -1.04. The van der Waals surface area contributed by atoms with Crippen molar-refractivity contribution in [1.82, 2.24) is 0 Å². The summed E-state index contributed by atoms with van der Waals surface area (Å²) in [6.45, 7) is 0. The van der Waals surface area contributed by atoms with E-state index in [0.29, 0.717) is 5.69 Å². The van der Waals surface area contributed by atoms with E-state index in [0.717, 1.165) is 6.07 Å². The van der Waals surface area contributed by atoms with Crippen molar-refractivity contribution in [2.24, 2.45) is 0 Å². The lowest BCUT2D eigenvalue weighted by Crippen LogP contribution is -2.26. The molecule has 1 amide bonds. The molecule has 2 aromatic rings. The van der Waals surface area contributed by atoms with Crippen LogP contribution in [0.5, 0.6) is 0 Å². The van der Waals surface area contributed by atoms with E-state index < -0.39 is 11.8 Å². The first kappa shape index (κ1) is 15.2. The minimum absolute atomic E-state index is 0.134. The zero-order valence-corrected chi connectivity index (χ0v) is 12.6. The highest BCUT2D eigenvalue weighted by atomic mass is 79.9. The lowest BCUT2D eigenvalue weighted by atomic mass is 10.1. The summed E-state index contributed by atoms with van der Waals surface area (Å²) >= 11 is 3.03. The fourth-order valence-corrected chi connectivity index (χ4v) is 2.01. The van der Waals surface area contributed by atoms with Crippen LogP contribution in [-0.4, -0.2) is 24.0 Å². The number of rotatable bonds is 3. The normalized spacial score (nSPS) is 10.2. The molecule has 0 bridgehead atoms. The number of hydrogen-bond acceptors (Lipinski definition) is 2. The first-order chi connectivity index (χ1) is 9.90. The van der Waals surface area contributed by atoms with Crippen LogP contribution in [0.4, 0.5) is 10.1 Å². The summed E-state index contributed by atoms with van der Waals surface area (Å²) in [6, 6.07) is 9.98. The van der Waals surface area contributed by atoms with Gasteiger partial charge in [-0.25, -0.2) is 9.18 Å². The number of carboxylic acids is 1. The van der Waals surface area contributed by atoms with Gasteiger partial charge in [-0.15, -0.1) is 0 Å². The standard InChI is InChI=1S/C15H11BrFNO3/c1-18(11-5-2-9(3-6-11)15(20)21)14(19)10-4-7-12(16)13(17)8-10/h2-8H,1H3,(H,20,21). The highest BCUT2D eigenvalue weighted by Gasteiger charge is 2.15. The van der Waals surface area contributed by atoms with Crippen molar-refractivity contribution >= 4 is 33.5 Å². The van der Waals surface area contributed by atoms with Crippen LogP contribution in [0.2, 0.25) is 0 Å². The van der Waals surface area contributed by atoms with Crippen LogP contribution >= 0.6 is 15.9 Å². The van der Waals surface area contributed by atoms with Crippen LogP contribution in [0.15, 0.2) is 46.9 Å². The molecular formula is C15H11BrFNO3. The van der Waals surface area contributed by atoms with Gasteiger partial charge < -0.3 is 10.0 Å². The molecule has 2 aromatic carbocycles. The first-order valence-corrected chi connectivity index (χ1v) is 6.76. The van der Waals surface area contributed by atoms with Crippen LogP contribution in [0, 0.1) is 5.82 Å². The number of benzene rings is 2. The van der Waals surface area contributed by atoms with E-state index in [1.54, 1.807) is 0 Å². The number of halogens is 2. The van der Waals surface area contributed by atoms with E-state index in [2.05, 4.69) is 15.9 Å². The van der Waals surface area contributed by atoms with E-state index in [1.807, 2.05) is 0 Å². The maximum Gasteiger partial charge on any atom is 0.335 e. The quantitative estimate of drug-likeness (QED) is 0.919. The van der Waals surface area contributed by atoms with Gasteiger partial charge in [-0.05, 0) is 58.4 Å². The molecule has 0 saturated heterocycles. The average Bonchev–Trinajstić information content (AvgIpc) is 2.48. The van der Waals surface area contributed by atoms with Gasteiger partial charge >= 0.3 is 5.97 Å². The molecule has 0 spiro atoms. The number of carbonyl (C=O) groups excluding carboxylic acids is 1. The van der Waals surface area contributed by atoms with Gasteiger partial charge in [0.05, 0.1) is 10.0 Å². The molecule has 2 rings (SSSR count). The van der Waals surface area contributed by atoms with E-state index in [9.17, 15) is 14.0 Å². The Balaban J connectivity index is 2.25. The van der Waals surface area contributed by atoms with Crippen LogP contribution < -0.4 is 4.90 Å². The second-order valence-corrected chi connectivity index (χ2v) is 5.20. The maximum absolute atomic E-state index is 13.5. The third kappa shape index (κ3) is 3.28. The zero-order chi connectivity index (χ0) is 15.6. The monoisotopic (exact) mass is 351 g/mol. The number of anilines is 1. The molecule has 6 heteroatoms. The summed E-state index contributed by atoms with van der Waals surface area (Å²) in [4.78, 5) is 24.4. The molecule has 0 radical (unpaired) electrons. The molecule has 0 aliphatic heterocycles. The van der Waals surface area contributed by atoms with Crippen molar-refractivity contribution in [3.05, 3.63) is 63.9 Å². The molecule has 108 valence electrons. The summed E-state index contributed by atoms with van der Waals surface area (Å²) in [5.41, 5.74) is 0.864. The second-order valence-electron chi connectivity index (χ2n) is 4.35. The van der Waals surface area contributed by atoms with Crippen LogP contribution in [0.25, 0.3) is 0 Å². The SMILES string of the molecule is CN(C(=O)c1ccc(Br)c(F)c1)c1ccc(C(=O)O)cc1. The van der Waals surface area contributed by atoms with Gasteiger partial charge in [0.1, 0.15) is 5.82 Å². The molecule has 0 aromatic heterocycles. The van der Waals surface area contributed by atoms with Gasteiger partial charge in [-0.3, -0.25) is 4.79 Å². The zero-order valence-electron chi connectivity index (χ0n) is 11.0. The number of aromatic carboxylic acids is 1. The number of amides is 1. The Kier molecular flexibility index (Phi) is 4.37. The highest BCUT2D eigenvalue weighted by Crippen LogP contribution is 2.20. The molecule has 0 aliphatic rings. The highest BCUT2D eigenvalue weighted by molar-refractivity contribution is 9.10. The van der Waals surface area contributed by atoms with Crippen molar-refractivity contribution in [2.75, 3.05) is 11.9 Å².